The van der Waals surface area contributed by atoms with Crippen molar-refractivity contribution in [2.45, 2.75) is 13.0 Å². The number of hydrogen-bond donors (Lipinski definition) is 1. The number of benzene rings is 1. The molecule has 1 heterocycles. The highest BCUT2D eigenvalue weighted by Crippen LogP contribution is 2.28. The van der Waals surface area contributed by atoms with Gasteiger partial charge in [-0.3, -0.25) is 0 Å². The van der Waals surface area contributed by atoms with Gasteiger partial charge in [-0.25, -0.2) is 0 Å². The molecule has 18 heavy (non-hydrogen) atoms. The molecule has 0 saturated carbocycles. The number of nitrogens with one attached hydrogen (secondary N) is 1. The van der Waals surface area contributed by atoms with Crippen LogP contribution in [0.5, 0.6) is 0 Å². The molecule has 100 valence electrons. The van der Waals surface area contributed by atoms with E-state index >= 15 is 0 Å². The molecule has 0 spiro atoms. The molecule has 0 radical (unpaired) electrons. The topological polar surface area (TPSA) is 18.5 Å². The molecule has 1 aliphatic heterocycles. The molecule has 1 atom stereocenters. The lowest BCUT2D eigenvalue weighted by Crippen LogP contribution is -2.55. The number of likely N-dealkylation sites (N-methyl/N-ethyl adjacent to an activating group) is 1. The second-order valence-electron chi connectivity index (χ2n) is 5.20. The normalized spacial score (nSPS) is 20.5. The Balaban J connectivity index is 2.25. The van der Waals surface area contributed by atoms with Gasteiger partial charge in [0.25, 0.3) is 0 Å². The van der Waals surface area contributed by atoms with E-state index in [4.69, 9.17) is 11.6 Å². The summed E-state index contributed by atoms with van der Waals surface area (Å²) in [6.07, 6.45) is 0. The minimum absolute atomic E-state index is 0.505. The van der Waals surface area contributed by atoms with Gasteiger partial charge in [0.15, 0.2) is 0 Å². The third kappa shape index (κ3) is 2.97. The highest BCUT2D eigenvalue weighted by atomic mass is 35.5. The molecule has 1 aliphatic rings. The van der Waals surface area contributed by atoms with Crippen molar-refractivity contribution in [2.75, 3.05) is 45.2 Å². The first-order valence-electron chi connectivity index (χ1n) is 6.47. The lowest BCUT2D eigenvalue weighted by molar-refractivity contribution is 0.336. The van der Waals surface area contributed by atoms with E-state index in [0.717, 1.165) is 31.2 Å². The van der Waals surface area contributed by atoms with Gasteiger partial charge in [0.2, 0.25) is 0 Å². The van der Waals surface area contributed by atoms with E-state index in [1.807, 2.05) is 12.1 Å². The predicted molar refractivity (Wildman–Crippen MR) is 78.7 cm³/mol. The Morgan fingerprint density at radius 3 is 2.94 bits per heavy atom. The molecule has 0 bridgehead atoms. The van der Waals surface area contributed by atoms with E-state index in [0.29, 0.717) is 6.04 Å². The van der Waals surface area contributed by atoms with Crippen molar-refractivity contribution in [2.24, 2.45) is 0 Å². The predicted octanol–water partition coefficient (Wildman–Crippen LogP) is 1.99. The molecule has 1 unspecified atom stereocenters. The molecule has 1 aromatic carbocycles. The maximum atomic E-state index is 6.23. The first kappa shape index (κ1) is 13.7. The lowest BCUT2D eigenvalue weighted by atomic mass is 10.1. The standard InChI is InChI=1S/C14H22ClN3/c1-11-13(15)5-4-6-14(11)18-8-7-16-9-12(18)10-17(2)3/h4-6,12,16H,7-10H2,1-3H3. The Bertz CT molecular complexity index is 406. The quantitative estimate of drug-likeness (QED) is 0.904. The second-order valence-corrected chi connectivity index (χ2v) is 5.60. The van der Waals surface area contributed by atoms with E-state index in [9.17, 15) is 0 Å². The van der Waals surface area contributed by atoms with Gasteiger partial charge in [-0.15, -0.1) is 0 Å². The minimum atomic E-state index is 0.505. The number of rotatable bonds is 3. The van der Waals surface area contributed by atoms with Crippen molar-refractivity contribution in [3.63, 3.8) is 0 Å². The largest absolute Gasteiger partial charge is 0.364 e. The molecule has 1 saturated heterocycles. The zero-order valence-corrected chi connectivity index (χ0v) is 12.2. The van der Waals surface area contributed by atoms with Crippen molar-refractivity contribution in [1.82, 2.24) is 10.2 Å². The SMILES string of the molecule is Cc1c(Cl)cccc1N1CCNCC1CN(C)C. The summed E-state index contributed by atoms with van der Waals surface area (Å²) in [7, 11) is 4.25. The average molecular weight is 268 g/mol. The average Bonchev–Trinajstić information content (AvgIpc) is 2.33. The smallest absolute Gasteiger partial charge is 0.0541 e. The third-order valence-corrected chi connectivity index (χ3v) is 3.88. The van der Waals surface area contributed by atoms with Gasteiger partial charge in [-0.1, -0.05) is 17.7 Å². The minimum Gasteiger partial charge on any atom is -0.364 e. The summed E-state index contributed by atoms with van der Waals surface area (Å²) in [5, 5.41) is 4.33. The van der Waals surface area contributed by atoms with Gasteiger partial charge in [-0.05, 0) is 38.7 Å². The fraction of sp³-hybridized carbons (Fsp3) is 0.571. The summed E-state index contributed by atoms with van der Waals surface area (Å²) in [6, 6.07) is 6.68. The lowest BCUT2D eigenvalue weighted by Gasteiger charge is -2.40. The monoisotopic (exact) mass is 267 g/mol. The Morgan fingerprint density at radius 2 is 2.22 bits per heavy atom. The van der Waals surface area contributed by atoms with Gasteiger partial charge < -0.3 is 15.1 Å². The Labute approximate surface area is 115 Å². The number of nitrogens with zero attached hydrogens (tertiary/aromatic N) is 2. The van der Waals surface area contributed by atoms with Crippen LogP contribution in [0.2, 0.25) is 5.02 Å². The van der Waals surface area contributed by atoms with Gasteiger partial charge in [0.05, 0.1) is 6.04 Å². The molecule has 1 N–H and O–H groups in total. The molecule has 0 aromatic heterocycles. The second kappa shape index (κ2) is 5.91. The Kier molecular flexibility index (Phi) is 4.49. The maximum Gasteiger partial charge on any atom is 0.0541 e. The van der Waals surface area contributed by atoms with Crippen LogP contribution in [0.25, 0.3) is 0 Å². The van der Waals surface area contributed by atoms with E-state index in [1.165, 1.54) is 11.3 Å². The van der Waals surface area contributed by atoms with Crippen molar-refractivity contribution in [3.05, 3.63) is 28.8 Å². The van der Waals surface area contributed by atoms with Crippen LogP contribution in [0.4, 0.5) is 5.69 Å². The van der Waals surface area contributed by atoms with Crippen LogP contribution in [0.3, 0.4) is 0 Å². The zero-order valence-electron chi connectivity index (χ0n) is 11.4. The molecule has 0 amide bonds. The molecule has 0 aliphatic carbocycles. The van der Waals surface area contributed by atoms with E-state index in [2.05, 4.69) is 42.2 Å². The van der Waals surface area contributed by atoms with Crippen molar-refractivity contribution < 1.29 is 0 Å². The van der Waals surface area contributed by atoms with Gasteiger partial charge in [0.1, 0.15) is 0 Å². The number of piperazine rings is 1. The summed E-state index contributed by atoms with van der Waals surface area (Å²) in [5.74, 6) is 0. The first-order valence-corrected chi connectivity index (χ1v) is 6.84. The highest BCUT2D eigenvalue weighted by molar-refractivity contribution is 6.31. The molecule has 4 heteroatoms. The van der Waals surface area contributed by atoms with E-state index < -0.39 is 0 Å². The van der Waals surface area contributed by atoms with Gasteiger partial charge >= 0.3 is 0 Å². The summed E-state index contributed by atoms with van der Waals surface area (Å²) < 4.78 is 0. The van der Waals surface area contributed by atoms with Crippen molar-refractivity contribution >= 4 is 17.3 Å². The molecule has 3 nitrogen and oxygen atoms in total. The van der Waals surface area contributed by atoms with E-state index in [1.54, 1.807) is 0 Å². The van der Waals surface area contributed by atoms with Gasteiger partial charge in [-0.2, -0.15) is 0 Å². The Hall–Kier alpha value is -0.770. The van der Waals surface area contributed by atoms with Gasteiger partial charge in [0, 0.05) is 36.9 Å². The van der Waals surface area contributed by atoms with Crippen LogP contribution in [-0.2, 0) is 0 Å². The fourth-order valence-corrected chi connectivity index (χ4v) is 2.74. The summed E-state index contributed by atoms with van der Waals surface area (Å²) in [5.41, 5.74) is 2.46. The summed E-state index contributed by atoms with van der Waals surface area (Å²) >= 11 is 6.23. The molecule has 1 fully saturated rings. The van der Waals surface area contributed by atoms with Crippen molar-refractivity contribution in [3.8, 4) is 0 Å². The molecule has 2 rings (SSSR count). The molecular weight excluding hydrogens is 246 g/mol. The van der Waals surface area contributed by atoms with Crippen molar-refractivity contribution in [1.29, 1.82) is 0 Å². The van der Waals surface area contributed by atoms with E-state index in [-0.39, 0.29) is 0 Å². The van der Waals surface area contributed by atoms with Crippen LogP contribution in [0.1, 0.15) is 5.56 Å². The molecule has 1 aromatic rings. The maximum absolute atomic E-state index is 6.23. The number of anilines is 1. The third-order valence-electron chi connectivity index (χ3n) is 3.47. The van der Waals surface area contributed by atoms with Crippen LogP contribution in [0.15, 0.2) is 18.2 Å². The van der Waals surface area contributed by atoms with Crippen LogP contribution in [-0.4, -0.2) is 51.2 Å². The number of hydrogen-bond acceptors (Lipinski definition) is 3. The summed E-state index contributed by atoms with van der Waals surface area (Å²) in [6.45, 7) is 6.27. The fourth-order valence-electron chi connectivity index (χ4n) is 2.57. The first-order chi connectivity index (χ1) is 8.59. The summed E-state index contributed by atoms with van der Waals surface area (Å²) in [4.78, 5) is 4.72. The molecular formula is C14H22ClN3. The Morgan fingerprint density at radius 1 is 1.44 bits per heavy atom. The van der Waals surface area contributed by atoms with Crippen LogP contribution in [0, 0.1) is 6.92 Å². The highest BCUT2D eigenvalue weighted by Gasteiger charge is 2.24. The van der Waals surface area contributed by atoms with Crippen LogP contribution < -0.4 is 10.2 Å². The number of halogens is 1. The zero-order chi connectivity index (χ0) is 13.1. The van der Waals surface area contributed by atoms with Crippen LogP contribution >= 0.6 is 11.6 Å².